The molecule has 4 N–H and O–H groups in total. The number of aromatic nitrogens is 3. The van der Waals surface area contributed by atoms with E-state index in [0.717, 1.165) is 27.9 Å². The molecule has 0 aliphatic rings. The third-order valence-corrected chi connectivity index (χ3v) is 3.81. The molecular formula is C15H16ClN5O. The lowest BCUT2D eigenvalue weighted by Gasteiger charge is -2.12. The minimum Gasteiger partial charge on any atom is -0.496 e. The highest BCUT2D eigenvalue weighted by Gasteiger charge is 2.11. The molecule has 0 spiro atoms. The Morgan fingerprint density at radius 1 is 1.23 bits per heavy atom. The van der Waals surface area contributed by atoms with Gasteiger partial charge in [-0.2, -0.15) is 4.98 Å². The fourth-order valence-electron chi connectivity index (χ4n) is 2.47. The Morgan fingerprint density at radius 2 is 2.05 bits per heavy atom. The molecule has 0 bridgehead atoms. The van der Waals surface area contributed by atoms with Crippen LogP contribution in [0, 0.1) is 0 Å². The highest BCUT2D eigenvalue weighted by Crippen LogP contribution is 2.26. The molecule has 0 radical (unpaired) electrons. The molecule has 0 unspecified atom stereocenters. The summed E-state index contributed by atoms with van der Waals surface area (Å²) in [6.07, 6.45) is 1.91. The van der Waals surface area contributed by atoms with Crippen molar-refractivity contribution < 1.29 is 4.74 Å². The van der Waals surface area contributed by atoms with Gasteiger partial charge < -0.3 is 20.8 Å². The molecule has 0 fully saturated rings. The number of halogens is 1. The van der Waals surface area contributed by atoms with Gasteiger partial charge in [0.15, 0.2) is 5.82 Å². The van der Waals surface area contributed by atoms with Crippen molar-refractivity contribution in [3.8, 4) is 5.75 Å². The number of hydrogen-bond acceptors (Lipinski definition) is 5. The molecule has 0 saturated carbocycles. The Balaban J connectivity index is 2.04. The van der Waals surface area contributed by atoms with E-state index < -0.39 is 0 Å². The molecule has 0 aliphatic carbocycles. The van der Waals surface area contributed by atoms with E-state index in [9.17, 15) is 0 Å². The maximum atomic E-state index is 5.97. The van der Waals surface area contributed by atoms with Gasteiger partial charge in [0.05, 0.1) is 19.2 Å². The molecule has 0 amide bonds. The number of nitrogen functional groups attached to an aromatic ring is 2. The second kappa shape index (κ2) is 5.73. The number of hydrogen-bond donors (Lipinski definition) is 2. The van der Waals surface area contributed by atoms with Gasteiger partial charge in [0, 0.05) is 17.6 Å². The van der Waals surface area contributed by atoms with Gasteiger partial charge in [0.1, 0.15) is 11.3 Å². The first-order valence-corrected chi connectivity index (χ1v) is 7.25. The lowest BCUT2D eigenvalue weighted by molar-refractivity contribution is 0.408. The first kappa shape index (κ1) is 14.5. The van der Waals surface area contributed by atoms with Crippen LogP contribution < -0.4 is 16.2 Å². The molecule has 0 atom stereocenters. The molecule has 22 heavy (non-hydrogen) atoms. The molecule has 3 rings (SSSR count). The molecule has 2 aromatic heterocycles. The minimum atomic E-state index is 0.173. The lowest BCUT2D eigenvalue weighted by Crippen LogP contribution is -2.05. The van der Waals surface area contributed by atoms with Crippen molar-refractivity contribution >= 4 is 34.4 Å². The number of rotatable bonds is 4. The number of fused-ring (bicyclic) bond motifs is 1. The largest absolute Gasteiger partial charge is 0.496 e. The van der Waals surface area contributed by atoms with Crippen LogP contribution >= 0.6 is 11.6 Å². The average molecular weight is 318 g/mol. The monoisotopic (exact) mass is 317 g/mol. The summed E-state index contributed by atoms with van der Waals surface area (Å²) in [4.78, 5) is 8.21. The Labute approximate surface area is 132 Å². The van der Waals surface area contributed by atoms with Crippen LogP contribution in [0.15, 0.2) is 30.5 Å². The van der Waals surface area contributed by atoms with Crippen molar-refractivity contribution in [3.05, 3.63) is 41.6 Å². The van der Waals surface area contributed by atoms with Crippen LogP contribution in [-0.2, 0) is 12.4 Å². The van der Waals surface area contributed by atoms with E-state index in [1.807, 2.05) is 35.0 Å². The Bertz CT molecular complexity index is 830. The summed E-state index contributed by atoms with van der Waals surface area (Å²) in [5.41, 5.74) is 15.1. The fourth-order valence-corrected chi connectivity index (χ4v) is 2.64. The zero-order valence-electron chi connectivity index (χ0n) is 12.1. The summed E-state index contributed by atoms with van der Waals surface area (Å²) in [6, 6.07) is 7.78. The molecule has 6 nitrogen and oxygen atoms in total. The maximum absolute atomic E-state index is 5.97. The van der Waals surface area contributed by atoms with E-state index in [1.54, 1.807) is 7.11 Å². The zero-order valence-corrected chi connectivity index (χ0v) is 12.8. The van der Waals surface area contributed by atoms with Crippen LogP contribution in [0.1, 0.15) is 11.1 Å². The SMILES string of the molecule is COc1cc(CCl)ccc1Cn1ccc2nc(N)nc(N)c21. The van der Waals surface area contributed by atoms with Crippen LogP contribution in [0.3, 0.4) is 0 Å². The zero-order chi connectivity index (χ0) is 15.7. The molecule has 3 aromatic rings. The summed E-state index contributed by atoms with van der Waals surface area (Å²) in [6.45, 7) is 0.590. The Morgan fingerprint density at radius 3 is 2.77 bits per heavy atom. The molecular weight excluding hydrogens is 302 g/mol. The number of benzene rings is 1. The summed E-state index contributed by atoms with van der Waals surface area (Å²) in [5, 5.41) is 0. The van der Waals surface area contributed by atoms with Crippen molar-refractivity contribution in [3.63, 3.8) is 0 Å². The summed E-state index contributed by atoms with van der Waals surface area (Å²) >= 11 is 5.86. The third-order valence-electron chi connectivity index (χ3n) is 3.50. The van der Waals surface area contributed by atoms with Gasteiger partial charge in [-0.25, -0.2) is 4.98 Å². The predicted molar refractivity (Wildman–Crippen MR) is 88.0 cm³/mol. The van der Waals surface area contributed by atoms with Gasteiger partial charge in [-0.05, 0) is 17.7 Å². The van der Waals surface area contributed by atoms with Crippen LogP contribution in [0.2, 0.25) is 0 Å². The minimum absolute atomic E-state index is 0.173. The molecule has 114 valence electrons. The average Bonchev–Trinajstić information content (AvgIpc) is 2.90. The number of methoxy groups -OCH3 is 1. The molecule has 0 aliphatic heterocycles. The molecule has 2 heterocycles. The molecule has 1 aromatic carbocycles. The Kier molecular flexibility index (Phi) is 3.77. The van der Waals surface area contributed by atoms with Gasteiger partial charge in [0.2, 0.25) is 5.95 Å². The highest BCUT2D eigenvalue weighted by molar-refractivity contribution is 6.17. The van der Waals surface area contributed by atoms with Gasteiger partial charge in [-0.15, -0.1) is 11.6 Å². The number of alkyl halides is 1. The van der Waals surface area contributed by atoms with Crippen LogP contribution in [0.4, 0.5) is 11.8 Å². The van der Waals surface area contributed by atoms with Crippen LogP contribution in [0.5, 0.6) is 5.75 Å². The molecule has 0 saturated heterocycles. The second-order valence-corrected chi connectivity index (χ2v) is 5.19. The van der Waals surface area contributed by atoms with Crippen LogP contribution in [0.25, 0.3) is 11.0 Å². The predicted octanol–water partition coefficient (Wildman–Crippen LogP) is 2.39. The smallest absolute Gasteiger partial charge is 0.222 e. The van der Waals surface area contributed by atoms with E-state index in [0.29, 0.717) is 18.2 Å². The van der Waals surface area contributed by atoms with E-state index in [4.69, 9.17) is 27.8 Å². The van der Waals surface area contributed by atoms with E-state index >= 15 is 0 Å². The number of nitrogens with two attached hydrogens (primary N) is 2. The van der Waals surface area contributed by atoms with Crippen molar-refractivity contribution in [2.24, 2.45) is 0 Å². The summed E-state index contributed by atoms with van der Waals surface area (Å²) in [5.74, 6) is 1.77. The summed E-state index contributed by atoms with van der Waals surface area (Å²) < 4.78 is 7.42. The standard InChI is InChI=1S/C15H16ClN5O/c1-22-12-6-9(7-16)2-3-10(12)8-21-5-4-11-13(21)14(17)20-15(18)19-11/h2-6H,7-8H2,1H3,(H4,17,18,19,20). The van der Waals surface area contributed by atoms with E-state index in [1.165, 1.54) is 0 Å². The Hall–Kier alpha value is -2.47. The van der Waals surface area contributed by atoms with Crippen molar-refractivity contribution in [2.75, 3.05) is 18.6 Å². The second-order valence-electron chi connectivity index (χ2n) is 4.92. The quantitative estimate of drug-likeness (QED) is 0.721. The van der Waals surface area contributed by atoms with Crippen molar-refractivity contribution in [1.29, 1.82) is 0 Å². The maximum Gasteiger partial charge on any atom is 0.222 e. The van der Waals surface area contributed by atoms with Gasteiger partial charge in [0.25, 0.3) is 0 Å². The number of nitrogens with zero attached hydrogens (tertiary/aromatic N) is 3. The van der Waals surface area contributed by atoms with Crippen molar-refractivity contribution in [2.45, 2.75) is 12.4 Å². The lowest BCUT2D eigenvalue weighted by atomic mass is 10.1. The normalized spacial score (nSPS) is 11.0. The van der Waals surface area contributed by atoms with Crippen molar-refractivity contribution in [1.82, 2.24) is 14.5 Å². The van der Waals surface area contributed by atoms with Gasteiger partial charge in [-0.1, -0.05) is 12.1 Å². The van der Waals surface area contributed by atoms with E-state index in [-0.39, 0.29) is 5.95 Å². The number of anilines is 2. The molecule has 7 heteroatoms. The first-order valence-electron chi connectivity index (χ1n) is 6.72. The highest BCUT2D eigenvalue weighted by atomic mass is 35.5. The van der Waals surface area contributed by atoms with E-state index in [2.05, 4.69) is 9.97 Å². The van der Waals surface area contributed by atoms with Gasteiger partial charge in [-0.3, -0.25) is 0 Å². The topological polar surface area (TPSA) is 92.0 Å². The van der Waals surface area contributed by atoms with Gasteiger partial charge >= 0.3 is 0 Å². The number of ether oxygens (including phenoxy) is 1. The van der Waals surface area contributed by atoms with Crippen LogP contribution in [-0.4, -0.2) is 21.6 Å². The summed E-state index contributed by atoms with van der Waals surface area (Å²) in [7, 11) is 1.64. The third kappa shape index (κ3) is 2.53. The first-order chi connectivity index (χ1) is 10.6. The fraction of sp³-hybridized carbons (Fsp3) is 0.200.